The Kier molecular flexibility index (Phi) is 6.17. The van der Waals surface area contributed by atoms with Crippen molar-refractivity contribution in [1.82, 2.24) is 4.72 Å². The first-order valence-corrected chi connectivity index (χ1v) is 9.25. The second kappa shape index (κ2) is 7.73. The van der Waals surface area contributed by atoms with Gasteiger partial charge in [0.15, 0.2) is 0 Å². The Bertz CT molecular complexity index is 810. The Morgan fingerprint density at radius 3 is 2.43 bits per heavy atom. The van der Waals surface area contributed by atoms with Gasteiger partial charge in [-0.1, -0.05) is 34.8 Å². The highest BCUT2D eigenvalue weighted by Crippen LogP contribution is 2.25. The van der Waals surface area contributed by atoms with Gasteiger partial charge in [-0.05, 0) is 48.9 Å². The summed E-state index contributed by atoms with van der Waals surface area (Å²) in [5.74, 6) is 0.656. The van der Waals surface area contributed by atoms with E-state index in [9.17, 15) is 8.42 Å². The monoisotopic (exact) mass is 393 g/mol. The number of ether oxygens (including phenoxy) is 1. The van der Waals surface area contributed by atoms with Gasteiger partial charge in [-0.3, -0.25) is 0 Å². The molecule has 8 heteroatoms. The molecule has 0 amide bonds. The minimum absolute atomic E-state index is 0.0505. The van der Waals surface area contributed by atoms with Crippen LogP contribution in [-0.4, -0.2) is 21.6 Å². The molecule has 0 saturated heterocycles. The van der Waals surface area contributed by atoms with E-state index in [2.05, 4.69) is 4.72 Å². The van der Waals surface area contributed by atoms with E-state index in [0.717, 1.165) is 5.56 Å². The molecule has 2 aromatic rings. The molecule has 1 N–H and O–H groups in total. The van der Waals surface area contributed by atoms with Gasteiger partial charge in [0.1, 0.15) is 12.4 Å². The van der Waals surface area contributed by atoms with Crippen molar-refractivity contribution in [2.75, 3.05) is 13.2 Å². The van der Waals surface area contributed by atoms with Crippen LogP contribution in [0.4, 0.5) is 0 Å². The molecule has 2 rings (SSSR count). The van der Waals surface area contributed by atoms with E-state index in [1.165, 1.54) is 18.2 Å². The van der Waals surface area contributed by atoms with Gasteiger partial charge in [-0.25, -0.2) is 13.1 Å². The SMILES string of the molecule is Cc1cc(Cl)ccc1OCCNS(=O)(=O)c1ccc(Cl)c(Cl)c1. The lowest BCUT2D eigenvalue weighted by molar-refractivity contribution is 0.320. The van der Waals surface area contributed by atoms with Crippen molar-refractivity contribution in [2.24, 2.45) is 0 Å². The Hall–Kier alpha value is -0.980. The van der Waals surface area contributed by atoms with E-state index in [4.69, 9.17) is 39.5 Å². The lowest BCUT2D eigenvalue weighted by atomic mass is 10.2. The van der Waals surface area contributed by atoms with E-state index in [-0.39, 0.29) is 23.1 Å². The van der Waals surface area contributed by atoms with E-state index in [1.807, 2.05) is 6.92 Å². The molecule has 0 atom stereocenters. The van der Waals surface area contributed by atoms with Crippen LogP contribution in [0, 0.1) is 6.92 Å². The predicted octanol–water partition coefficient (Wildman–Crippen LogP) is 4.31. The normalized spacial score (nSPS) is 11.5. The number of benzene rings is 2. The molecule has 0 aliphatic carbocycles. The number of nitrogens with one attached hydrogen (secondary N) is 1. The highest BCUT2D eigenvalue weighted by Gasteiger charge is 2.15. The number of sulfonamides is 1. The van der Waals surface area contributed by atoms with Crippen LogP contribution in [0.25, 0.3) is 0 Å². The van der Waals surface area contributed by atoms with Crippen LogP contribution in [0.15, 0.2) is 41.3 Å². The van der Waals surface area contributed by atoms with Gasteiger partial charge in [0, 0.05) is 11.6 Å². The summed E-state index contributed by atoms with van der Waals surface area (Å²) < 4.78 is 32.2. The van der Waals surface area contributed by atoms with E-state index < -0.39 is 10.0 Å². The van der Waals surface area contributed by atoms with E-state index in [0.29, 0.717) is 15.8 Å². The Labute approximate surface area is 150 Å². The van der Waals surface area contributed by atoms with Crippen molar-refractivity contribution in [2.45, 2.75) is 11.8 Å². The zero-order valence-corrected chi connectivity index (χ0v) is 15.2. The Morgan fingerprint density at radius 1 is 1.04 bits per heavy atom. The second-order valence-corrected chi connectivity index (χ2v) is 7.75. The highest BCUT2D eigenvalue weighted by atomic mass is 35.5. The first kappa shape index (κ1) is 18.4. The second-order valence-electron chi connectivity index (χ2n) is 4.73. The van der Waals surface area contributed by atoms with Gasteiger partial charge in [-0.2, -0.15) is 0 Å². The summed E-state index contributed by atoms with van der Waals surface area (Å²) >= 11 is 17.5. The summed E-state index contributed by atoms with van der Waals surface area (Å²) in [5.41, 5.74) is 0.879. The highest BCUT2D eigenvalue weighted by molar-refractivity contribution is 7.89. The summed E-state index contributed by atoms with van der Waals surface area (Å²) in [6, 6.07) is 9.36. The fourth-order valence-electron chi connectivity index (χ4n) is 1.84. The Balaban J connectivity index is 1.93. The summed E-state index contributed by atoms with van der Waals surface area (Å²) in [7, 11) is -3.67. The molecule has 0 spiro atoms. The molecular formula is C15H14Cl3NO3S. The quantitative estimate of drug-likeness (QED) is 0.743. The molecule has 0 fully saturated rings. The topological polar surface area (TPSA) is 55.4 Å². The largest absolute Gasteiger partial charge is 0.492 e. The van der Waals surface area contributed by atoms with Crippen LogP contribution < -0.4 is 9.46 Å². The summed E-state index contributed by atoms with van der Waals surface area (Å²) in [5, 5.41) is 1.10. The van der Waals surface area contributed by atoms with Crippen molar-refractivity contribution in [3.63, 3.8) is 0 Å². The average Bonchev–Trinajstić information content (AvgIpc) is 2.48. The molecule has 0 unspecified atom stereocenters. The lowest BCUT2D eigenvalue weighted by Gasteiger charge is -2.11. The fraction of sp³-hybridized carbons (Fsp3) is 0.200. The smallest absolute Gasteiger partial charge is 0.240 e. The van der Waals surface area contributed by atoms with Gasteiger partial charge in [-0.15, -0.1) is 0 Å². The fourth-order valence-corrected chi connectivity index (χ4v) is 3.47. The minimum atomic E-state index is -3.67. The molecular weight excluding hydrogens is 381 g/mol. The molecule has 0 aliphatic heterocycles. The van der Waals surface area contributed by atoms with E-state index in [1.54, 1.807) is 18.2 Å². The van der Waals surface area contributed by atoms with Crippen LogP contribution >= 0.6 is 34.8 Å². The maximum atomic E-state index is 12.1. The van der Waals surface area contributed by atoms with Crippen LogP contribution in [0.5, 0.6) is 5.75 Å². The van der Waals surface area contributed by atoms with Gasteiger partial charge in [0.25, 0.3) is 0 Å². The van der Waals surface area contributed by atoms with Gasteiger partial charge < -0.3 is 4.74 Å². The number of aryl methyl sites for hydroxylation is 1. The van der Waals surface area contributed by atoms with Crippen LogP contribution in [0.3, 0.4) is 0 Å². The lowest BCUT2D eigenvalue weighted by Crippen LogP contribution is -2.28. The molecule has 2 aromatic carbocycles. The predicted molar refractivity (Wildman–Crippen MR) is 93.3 cm³/mol. The van der Waals surface area contributed by atoms with Crippen molar-refractivity contribution in [3.05, 3.63) is 57.0 Å². The Morgan fingerprint density at radius 2 is 1.78 bits per heavy atom. The first-order valence-electron chi connectivity index (χ1n) is 6.63. The minimum Gasteiger partial charge on any atom is -0.492 e. The van der Waals surface area contributed by atoms with Crippen molar-refractivity contribution < 1.29 is 13.2 Å². The van der Waals surface area contributed by atoms with Crippen molar-refractivity contribution in [1.29, 1.82) is 0 Å². The van der Waals surface area contributed by atoms with Crippen molar-refractivity contribution >= 4 is 44.8 Å². The maximum absolute atomic E-state index is 12.1. The summed E-state index contributed by atoms with van der Waals surface area (Å²) in [6.07, 6.45) is 0. The molecule has 0 aliphatic rings. The first-order chi connectivity index (χ1) is 10.8. The summed E-state index contributed by atoms with van der Waals surface area (Å²) in [6.45, 7) is 2.16. The van der Waals surface area contributed by atoms with Crippen LogP contribution in [0.1, 0.15) is 5.56 Å². The zero-order valence-electron chi connectivity index (χ0n) is 12.1. The van der Waals surface area contributed by atoms with Crippen LogP contribution in [-0.2, 0) is 10.0 Å². The molecule has 0 bridgehead atoms. The molecule has 0 radical (unpaired) electrons. The molecule has 0 aromatic heterocycles. The molecule has 23 heavy (non-hydrogen) atoms. The molecule has 0 heterocycles. The van der Waals surface area contributed by atoms with Crippen LogP contribution in [0.2, 0.25) is 15.1 Å². The number of hydrogen-bond acceptors (Lipinski definition) is 3. The standard InChI is InChI=1S/C15H14Cl3NO3S/c1-10-8-11(16)2-5-15(10)22-7-6-19-23(20,21)12-3-4-13(17)14(18)9-12/h2-5,8-9,19H,6-7H2,1H3. The van der Waals surface area contributed by atoms with E-state index >= 15 is 0 Å². The van der Waals surface area contributed by atoms with Gasteiger partial charge in [0.05, 0.1) is 14.9 Å². The number of halogens is 3. The molecule has 4 nitrogen and oxygen atoms in total. The number of hydrogen-bond donors (Lipinski definition) is 1. The third-order valence-corrected chi connectivity index (χ3v) is 5.42. The summed E-state index contributed by atoms with van der Waals surface area (Å²) in [4.78, 5) is 0.0505. The number of rotatable bonds is 6. The average molecular weight is 395 g/mol. The third-order valence-electron chi connectivity index (χ3n) is 2.99. The van der Waals surface area contributed by atoms with Gasteiger partial charge in [0.2, 0.25) is 10.0 Å². The maximum Gasteiger partial charge on any atom is 0.240 e. The molecule has 124 valence electrons. The van der Waals surface area contributed by atoms with Gasteiger partial charge >= 0.3 is 0 Å². The molecule has 0 saturated carbocycles. The zero-order chi connectivity index (χ0) is 17.0. The van der Waals surface area contributed by atoms with Crippen molar-refractivity contribution in [3.8, 4) is 5.75 Å². The third kappa shape index (κ3) is 4.99.